The summed E-state index contributed by atoms with van der Waals surface area (Å²) in [6.45, 7) is 3.54. The number of aryl methyl sites for hydroxylation is 1. The molecule has 9 heteroatoms. The first-order valence-electron chi connectivity index (χ1n) is 9.38. The van der Waals surface area contributed by atoms with Gasteiger partial charge in [-0.05, 0) is 19.1 Å². The zero-order valence-corrected chi connectivity index (χ0v) is 17.3. The van der Waals surface area contributed by atoms with Crippen molar-refractivity contribution in [2.24, 2.45) is 7.05 Å². The smallest absolute Gasteiger partial charge is 0.251 e. The number of carbonyl (C=O) groups excluding carboxylic acids is 1. The minimum absolute atomic E-state index is 0.128. The molecule has 8 nitrogen and oxygen atoms in total. The van der Waals surface area contributed by atoms with E-state index >= 15 is 0 Å². The third kappa shape index (κ3) is 3.66. The number of nitrogens with one attached hydrogen (secondary N) is 2. The van der Waals surface area contributed by atoms with Gasteiger partial charge in [0, 0.05) is 38.4 Å². The Labute approximate surface area is 171 Å². The molecule has 0 bridgehead atoms. The minimum atomic E-state index is -0.128. The first-order valence-corrected chi connectivity index (χ1v) is 10.2. The van der Waals surface area contributed by atoms with E-state index in [-0.39, 0.29) is 5.91 Å². The number of pyridine rings is 1. The Morgan fingerprint density at radius 3 is 2.93 bits per heavy atom. The number of amides is 1. The largest absolute Gasteiger partial charge is 0.380 e. The maximum atomic E-state index is 12.4. The Morgan fingerprint density at radius 2 is 2.14 bits per heavy atom. The molecular formula is C20H22N6O2S. The molecule has 0 aliphatic heterocycles. The van der Waals surface area contributed by atoms with Gasteiger partial charge in [0.1, 0.15) is 26.4 Å². The van der Waals surface area contributed by atoms with Crippen LogP contribution < -0.4 is 10.6 Å². The number of anilines is 1. The van der Waals surface area contributed by atoms with Crippen LogP contribution >= 0.6 is 11.3 Å². The standard InChI is InChI=1S/C20H22N6O2S/c1-4-28-9-8-22-18(27)12-6-5-7-13(10-12)19-24-15-16-14(23-11-26(16)3)17(21-2)25-20(15)29-19/h5-7,10-11H,4,8-9H2,1-3H3,(H,21,25)(H,22,27). The first kappa shape index (κ1) is 19.3. The molecule has 3 heterocycles. The van der Waals surface area contributed by atoms with Gasteiger partial charge in [-0.3, -0.25) is 4.79 Å². The summed E-state index contributed by atoms with van der Waals surface area (Å²) in [5, 5.41) is 6.79. The van der Waals surface area contributed by atoms with Crippen LogP contribution in [0.25, 0.3) is 32.0 Å². The zero-order chi connectivity index (χ0) is 20.4. The molecule has 0 aliphatic carbocycles. The van der Waals surface area contributed by atoms with Crippen molar-refractivity contribution < 1.29 is 9.53 Å². The van der Waals surface area contributed by atoms with E-state index < -0.39 is 0 Å². The topological polar surface area (TPSA) is 94.0 Å². The van der Waals surface area contributed by atoms with Crippen molar-refractivity contribution in [1.82, 2.24) is 24.8 Å². The predicted molar refractivity (Wildman–Crippen MR) is 115 cm³/mol. The molecule has 4 rings (SSSR count). The number of thiazole rings is 1. The Balaban J connectivity index is 1.69. The fourth-order valence-corrected chi connectivity index (χ4v) is 4.09. The van der Waals surface area contributed by atoms with E-state index in [2.05, 4.69) is 20.6 Å². The Bertz CT molecular complexity index is 1180. The third-order valence-electron chi connectivity index (χ3n) is 4.55. The molecular weight excluding hydrogens is 388 g/mol. The number of aromatic nitrogens is 4. The summed E-state index contributed by atoms with van der Waals surface area (Å²) < 4.78 is 7.21. The van der Waals surface area contributed by atoms with Crippen molar-refractivity contribution in [1.29, 1.82) is 0 Å². The van der Waals surface area contributed by atoms with Gasteiger partial charge in [0.2, 0.25) is 0 Å². The molecule has 3 aromatic heterocycles. The molecule has 0 saturated carbocycles. The highest BCUT2D eigenvalue weighted by atomic mass is 32.1. The molecule has 0 fully saturated rings. The summed E-state index contributed by atoms with van der Waals surface area (Å²) in [4.78, 5) is 27.2. The molecule has 0 unspecified atom stereocenters. The molecule has 0 saturated heterocycles. The van der Waals surface area contributed by atoms with Gasteiger partial charge in [-0.1, -0.05) is 23.5 Å². The van der Waals surface area contributed by atoms with Crippen LogP contribution in [0.1, 0.15) is 17.3 Å². The lowest BCUT2D eigenvalue weighted by molar-refractivity contribution is 0.0922. The number of hydrogen-bond donors (Lipinski definition) is 2. The van der Waals surface area contributed by atoms with Crippen molar-refractivity contribution in [3.63, 3.8) is 0 Å². The molecule has 0 atom stereocenters. The van der Waals surface area contributed by atoms with Crippen LogP contribution in [0.5, 0.6) is 0 Å². The van der Waals surface area contributed by atoms with Crippen molar-refractivity contribution in [3.8, 4) is 10.6 Å². The lowest BCUT2D eigenvalue weighted by Crippen LogP contribution is -2.27. The average molecular weight is 411 g/mol. The molecule has 4 aromatic rings. The van der Waals surface area contributed by atoms with Crippen LogP contribution in [0, 0.1) is 0 Å². The predicted octanol–water partition coefficient (Wildman–Crippen LogP) is 3.05. The molecule has 0 radical (unpaired) electrons. The van der Waals surface area contributed by atoms with Crippen LogP contribution in [-0.2, 0) is 11.8 Å². The SMILES string of the molecule is CCOCCNC(=O)c1cccc(-c2nc3c(nc(NC)c4ncn(C)c43)s2)c1. The fraction of sp³-hybridized carbons (Fsp3) is 0.300. The number of fused-ring (bicyclic) bond motifs is 3. The zero-order valence-electron chi connectivity index (χ0n) is 16.5. The number of nitrogens with zero attached hydrogens (tertiary/aromatic N) is 4. The second-order valence-electron chi connectivity index (χ2n) is 6.47. The van der Waals surface area contributed by atoms with E-state index in [1.807, 2.05) is 43.8 Å². The molecule has 2 N–H and O–H groups in total. The normalized spacial score (nSPS) is 11.3. The van der Waals surface area contributed by atoms with E-state index in [0.717, 1.165) is 37.8 Å². The second kappa shape index (κ2) is 8.14. The van der Waals surface area contributed by atoms with Crippen LogP contribution in [0.15, 0.2) is 30.6 Å². The number of benzene rings is 1. The van der Waals surface area contributed by atoms with Gasteiger partial charge in [-0.2, -0.15) is 0 Å². The number of hydrogen-bond acceptors (Lipinski definition) is 7. The van der Waals surface area contributed by atoms with Gasteiger partial charge in [0.25, 0.3) is 5.91 Å². The third-order valence-corrected chi connectivity index (χ3v) is 5.55. The van der Waals surface area contributed by atoms with E-state index in [1.54, 1.807) is 12.4 Å². The van der Waals surface area contributed by atoms with Gasteiger partial charge in [-0.15, -0.1) is 0 Å². The number of rotatable bonds is 7. The minimum Gasteiger partial charge on any atom is -0.380 e. The van der Waals surface area contributed by atoms with E-state index in [0.29, 0.717) is 25.3 Å². The molecule has 0 spiro atoms. The lowest BCUT2D eigenvalue weighted by Gasteiger charge is -2.06. The van der Waals surface area contributed by atoms with Crippen LogP contribution in [-0.4, -0.2) is 52.2 Å². The van der Waals surface area contributed by atoms with E-state index in [4.69, 9.17) is 9.72 Å². The lowest BCUT2D eigenvalue weighted by atomic mass is 10.1. The summed E-state index contributed by atoms with van der Waals surface area (Å²) in [5.74, 6) is 0.600. The van der Waals surface area contributed by atoms with E-state index in [1.165, 1.54) is 11.3 Å². The highest BCUT2D eigenvalue weighted by molar-refractivity contribution is 7.21. The summed E-state index contributed by atoms with van der Waals surface area (Å²) in [7, 11) is 3.78. The monoisotopic (exact) mass is 410 g/mol. The van der Waals surface area contributed by atoms with Crippen LogP contribution in [0.3, 0.4) is 0 Å². The molecule has 1 amide bonds. The highest BCUT2D eigenvalue weighted by Gasteiger charge is 2.17. The van der Waals surface area contributed by atoms with E-state index in [9.17, 15) is 4.79 Å². The van der Waals surface area contributed by atoms with Crippen molar-refractivity contribution in [3.05, 3.63) is 36.2 Å². The highest BCUT2D eigenvalue weighted by Crippen LogP contribution is 2.35. The van der Waals surface area contributed by atoms with Crippen molar-refractivity contribution in [2.75, 3.05) is 32.1 Å². The quantitative estimate of drug-likeness (QED) is 0.455. The number of imidazole rings is 1. The molecule has 29 heavy (non-hydrogen) atoms. The molecule has 1 aromatic carbocycles. The van der Waals surface area contributed by atoms with Crippen molar-refractivity contribution >= 4 is 44.4 Å². The maximum absolute atomic E-state index is 12.4. The Kier molecular flexibility index (Phi) is 5.41. The average Bonchev–Trinajstić information content (AvgIpc) is 3.34. The van der Waals surface area contributed by atoms with Crippen LogP contribution in [0.4, 0.5) is 5.82 Å². The van der Waals surface area contributed by atoms with Crippen LogP contribution in [0.2, 0.25) is 0 Å². The Hall–Kier alpha value is -3.04. The summed E-state index contributed by atoms with van der Waals surface area (Å²) in [6.07, 6.45) is 1.76. The van der Waals surface area contributed by atoms with Gasteiger partial charge < -0.3 is 19.9 Å². The van der Waals surface area contributed by atoms with Gasteiger partial charge in [0.15, 0.2) is 5.82 Å². The number of carbonyl (C=O) groups is 1. The maximum Gasteiger partial charge on any atom is 0.251 e. The van der Waals surface area contributed by atoms with Crippen molar-refractivity contribution in [2.45, 2.75) is 6.92 Å². The summed E-state index contributed by atoms with van der Waals surface area (Å²) in [5.41, 5.74) is 4.01. The molecule has 0 aliphatic rings. The first-order chi connectivity index (χ1) is 14.1. The molecule has 150 valence electrons. The summed E-state index contributed by atoms with van der Waals surface area (Å²) in [6, 6.07) is 7.47. The Morgan fingerprint density at radius 1 is 1.28 bits per heavy atom. The second-order valence-corrected chi connectivity index (χ2v) is 7.45. The van der Waals surface area contributed by atoms with Gasteiger partial charge in [-0.25, -0.2) is 15.0 Å². The number of ether oxygens (including phenoxy) is 1. The van der Waals surface area contributed by atoms with Gasteiger partial charge >= 0.3 is 0 Å². The van der Waals surface area contributed by atoms with Gasteiger partial charge in [0.05, 0.1) is 12.9 Å². The summed E-state index contributed by atoms with van der Waals surface area (Å²) >= 11 is 1.50. The fourth-order valence-electron chi connectivity index (χ4n) is 3.15.